The highest BCUT2D eigenvalue weighted by molar-refractivity contribution is 9.10. The molecule has 0 unspecified atom stereocenters. The van der Waals surface area contributed by atoms with Gasteiger partial charge in [-0.15, -0.1) is 0 Å². The lowest BCUT2D eigenvalue weighted by Crippen LogP contribution is -2.00. The van der Waals surface area contributed by atoms with E-state index in [4.69, 9.17) is 0 Å². The van der Waals surface area contributed by atoms with E-state index in [1.807, 2.05) is 24.3 Å². The van der Waals surface area contributed by atoms with Crippen molar-refractivity contribution in [3.63, 3.8) is 0 Å². The number of anilines is 2. The lowest BCUT2D eigenvalue weighted by molar-refractivity contribution is -0.384. The largest absolute Gasteiger partial charge is 0.392 e. The topological polar surface area (TPSA) is 88.3 Å². The Morgan fingerprint density at radius 1 is 1.29 bits per heavy atom. The number of aromatic nitrogens is 1. The molecule has 24 heavy (non-hydrogen) atoms. The number of aryl methyl sites for hydroxylation is 1. The van der Waals surface area contributed by atoms with Crippen LogP contribution in [-0.4, -0.2) is 15.0 Å². The van der Waals surface area contributed by atoms with E-state index in [1.165, 1.54) is 12.1 Å². The number of nitro groups is 1. The van der Waals surface area contributed by atoms with Gasteiger partial charge in [-0.3, -0.25) is 15.1 Å². The highest BCUT2D eigenvalue weighted by atomic mass is 79.9. The summed E-state index contributed by atoms with van der Waals surface area (Å²) in [5, 5.41) is 24.7. The normalized spacial score (nSPS) is 10.8. The molecule has 7 heteroatoms. The van der Waals surface area contributed by atoms with Crippen LogP contribution in [-0.2, 0) is 6.61 Å². The fourth-order valence-corrected chi connectivity index (χ4v) is 2.91. The average molecular weight is 388 g/mol. The van der Waals surface area contributed by atoms with Crippen molar-refractivity contribution in [2.45, 2.75) is 13.5 Å². The van der Waals surface area contributed by atoms with E-state index in [-0.39, 0.29) is 12.3 Å². The maximum absolute atomic E-state index is 11.1. The van der Waals surface area contributed by atoms with Gasteiger partial charge in [-0.2, -0.15) is 0 Å². The van der Waals surface area contributed by atoms with Crippen LogP contribution in [0.4, 0.5) is 17.1 Å². The molecule has 2 aromatic carbocycles. The number of pyridine rings is 1. The third-order valence-electron chi connectivity index (χ3n) is 3.62. The van der Waals surface area contributed by atoms with Crippen molar-refractivity contribution in [2.75, 3.05) is 5.32 Å². The van der Waals surface area contributed by atoms with Gasteiger partial charge in [0.1, 0.15) is 0 Å². The van der Waals surface area contributed by atoms with Gasteiger partial charge in [0.15, 0.2) is 0 Å². The van der Waals surface area contributed by atoms with Gasteiger partial charge in [0.2, 0.25) is 0 Å². The maximum Gasteiger partial charge on any atom is 0.271 e. The van der Waals surface area contributed by atoms with Crippen LogP contribution < -0.4 is 5.32 Å². The monoisotopic (exact) mass is 387 g/mol. The molecule has 122 valence electrons. The minimum Gasteiger partial charge on any atom is -0.392 e. The maximum atomic E-state index is 11.1. The van der Waals surface area contributed by atoms with Crippen molar-refractivity contribution in [1.82, 2.24) is 4.98 Å². The molecule has 0 spiro atoms. The van der Waals surface area contributed by atoms with Gasteiger partial charge < -0.3 is 10.4 Å². The first-order valence-corrected chi connectivity index (χ1v) is 7.98. The summed E-state index contributed by atoms with van der Waals surface area (Å²) in [5.74, 6) is 0. The number of non-ortho nitro benzene ring substituents is 1. The van der Waals surface area contributed by atoms with E-state index in [1.54, 1.807) is 13.1 Å². The number of aliphatic hydroxyl groups is 1. The summed E-state index contributed by atoms with van der Waals surface area (Å²) < 4.78 is 0.899. The molecule has 0 atom stereocenters. The van der Waals surface area contributed by atoms with Crippen molar-refractivity contribution in [2.24, 2.45) is 0 Å². The van der Waals surface area contributed by atoms with E-state index >= 15 is 0 Å². The second-order valence-corrected chi connectivity index (χ2v) is 6.33. The molecule has 0 saturated heterocycles. The van der Waals surface area contributed by atoms with Crippen molar-refractivity contribution in [1.29, 1.82) is 0 Å². The number of nitrogens with zero attached hydrogens (tertiary/aromatic N) is 2. The average Bonchev–Trinajstić information content (AvgIpc) is 2.54. The number of hydrogen-bond acceptors (Lipinski definition) is 5. The van der Waals surface area contributed by atoms with E-state index in [9.17, 15) is 15.2 Å². The van der Waals surface area contributed by atoms with Crippen LogP contribution in [0.25, 0.3) is 10.9 Å². The molecule has 0 amide bonds. The fraction of sp³-hybridized carbons (Fsp3) is 0.118. The smallest absolute Gasteiger partial charge is 0.271 e. The zero-order valence-corrected chi connectivity index (χ0v) is 14.4. The molecular weight excluding hydrogens is 374 g/mol. The molecule has 2 N–H and O–H groups in total. The van der Waals surface area contributed by atoms with Gasteiger partial charge in [0.25, 0.3) is 5.69 Å². The van der Waals surface area contributed by atoms with Gasteiger partial charge in [-0.05, 0) is 36.8 Å². The van der Waals surface area contributed by atoms with Gasteiger partial charge >= 0.3 is 0 Å². The highest BCUT2D eigenvalue weighted by Gasteiger charge is 2.12. The van der Waals surface area contributed by atoms with E-state index < -0.39 is 4.92 Å². The first-order chi connectivity index (χ1) is 11.5. The summed E-state index contributed by atoms with van der Waals surface area (Å²) in [7, 11) is 0. The lowest BCUT2D eigenvalue weighted by atomic mass is 10.1. The number of halogens is 1. The van der Waals surface area contributed by atoms with Gasteiger partial charge in [0.05, 0.1) is 22.7 Å². The molecule has 3 aromatic rings. The number of nitrogens with one attached hydrogen (secondary N) is 1. The molecule has 0 bridgehead atoms. The molecule has 1 aromatic heterocycles. The molecule has 0 aliphatic carbocycles. The molecule has 0 fully saturated rings. The van der Waals surface area contributed by atoms with Gasteiger partial charge in [-0.1, -0.05) is 15.9 Å². The fourth-order valence-electron chi connectivity index (χ4n) is 2.56. The Morgan fingerprint density at radius 2 is 2.08 bits per heavy atom. The van der Waals surface area contributed by atoms with Gasteiger partial charge in [-0.25, -0.2) is 0 Å². The number of nitro benzene ring substituents is 1. The molecule has 0 aliphatic rings. The Morgan fingerprint density at radius 3 is 2.79 bits per heavy atom. The highest BCUT2D eigenvalue weighted by Crippen LogP contribution is 2.32. The Balaban J connectivity index is 2.14. The van der Waals surface area contributed by atoms with Gasteiger partial charge in [0, 0.05) is 39.4 Å². The summed E-state index contributed by atoms with van der Waals surface area (Å²) in [6, 6.07) is 10.5. The molecule has 0 aliphatic heterocycles. The molecule has 6 nitrogen and oxygen atoms in total. The van der Waals surface area contributed by atoms with Crippen LogP contribution in [0.15, 0.2) is 47.1 Å². The molecule has 0 saturated carbocycles. The van der Waals surface area contributed by atoms with Crippen molar-refractivity contribution < 1.29 is 10.0 Å². The van der Waals surface area contributed by atoms with Crippen molar-refractivity contribution in [3.8, 4) is 0 Å². The second kappa shape index (κ2) is 6.54. The van der Waals surface area contributed by atoms with Crippen LogP contribution >= 0.6 is 15.9 Å². The minimum atomic E-state index is -0.424. The summed E-state index contributed by atoms with van der Waals surface area (Å²) in [6.07, 6.45) is 1.60. The standard InChI is InChI=1S/C17H14BrN3O3/c1-10-4-13(7-14(5-10)21(23)24)20-17-11(9-22)8-19-16-6-12(18)2-3-15(16)17/h2-8,22H,9H2,1H3,(H,19,20). The Bertz CT molecular complexity index is 944. The molecule has 1 heterocycles. The first-order valence-electron chi connectivity index (χ1n) is 7.19. The van der Waals surface area contributed by atoms with Crippen LogP contribution in [0.1, 0.15) is 11.1 Å². The summed E-state index contributed by atoms with van der Waals surface area (Å²) in [5.41, 5.74) is 3.45. The number of hydrogen-bond donors (Lipinski definition) is 2. The quantitative estimate of drug-likeness (QED) is 0.509. The number of rotatable bonds is 4. The molecule has 3 rings (SSSR count). The Labute approximate surface area is 146 Å². The predicted octanol–water partition coefficient (Wildman–Crippen LogP) is 4.45. The van der Waals surface area contributed by atoms with E-state index in [0.717, 1.165) is 20.9 Å². The number of fused-ring (bicyclic) bond motifs is 1. The zero-order chi connectivity index (χ0) is 17.3. The zero-order valence-electron chi connectivity index (χ0n) is 12.8. The van der Waals surface area contributed by atoms with E-state index in [0.29, 0.717) is 16.9 Å². The van der Waals surface area contributed by atoms with Crippen LogP contribution in [0, 0.1) is 17.0 Å². The summed E-state index contributed by atoms with van der Waals surface area (Å²) in [4.78, 5) is 15.0. The lowest BCUT2D eigenvalue weighted by Gasteiger charge is -2.14. The Hall–Kier alpha value is -2.51. The third kappa shape index (κ3) is 3.22. The van der Waals surface area contributed by atoms with Crippen LogP contribution in [0.3, 0.4) is 0 Å². The van der Waals surface area contributed by atoms with Crippen molar-refractivity contribution in [3.05, 3.63) is 68.3 Å². The number of aliphatic hydroxyl groups excluding tert-OH is 1. The molecular formula is C17H14BrN3O3. The SMILES string of the molecule is Cc1cc(Nc2c(CO)cnc3cc(Br)ccc23)cc([N+](=O)[O-])c1. The third-order valence-corrected chi connectivity index (χ3v) is 4.12. The van der Waals surface area contributed by atoms with Crippen LogP contribution in [0.2, 0.25) is 0 Å². The molecule has 0 radical (unpaired) electrons. The van der Waals surface area contributed by atoms with Crippen LogP contribution in [0.5, 0.6) is 0 Å². The number of benzene rings is 2. The first kappa shape index (κ1) is 16.4. The summed E-state index contributed by atoms with van der Waals surface area (Å²) in [6.45, 7) is 1.61. The second-order valence-electron chi connectivity index (χ2n) is 5.42. The minimum absolute atomic E-state index is 0.0177. The van der Waals surface area contributed by atoms with Crippen molar-refractivity contribution >= 4 is 43.9 Å². The predicted molar refractivity (Wildman–Crippen MR) is 96.5 cm³/mol. The van der Waals surface area contributed by atoms with E-state index in [2.05, 4.69) is 26.2 Å². The summed E-state index contributed by atoms with van der Waals surface area (Å²) >= 11 is 3.41. The Kier molecular flexibility index (Phi) is 4.46.